The number of hydrogen-bond donors (Lipinski definition) is 1. The summed E-state index contributed by atoms with van der Waals surface area (Å²) in [6.45, 7) is 0.418. The maximum absolute atomic E-state index is 12.9. The third-order valence-corrected chi connectivity index (χ3v) is 4.13. The molecule has 130 valence electrons. The fourth-order valence-electron chi connectivity index (χ4n) is 2.90. The first-order valence-corrected chi connectivity index (χ1v) is 8.03. The zero-order valence-electron chi connectivity index (χ0n) is 13.9. The molecule has 2 aromatic rings. The lowest BCUT2D eigenvalue weighted by atomic mass is 10.1. The minimum Gasteiger partial charge on any atom is -0.497 e. The van der Waals surface area contributed by atoms with E-state index in [1.807, 2.05) is 18.2 Å². The largest absolute Gasteiger partial charge is 0.497 e. The van der Waals surface area contributed by atoms with Gasteiger partial charge in [0.2, 0.25) is 11.8 Å². The number of nitrogens with zero attached hydrogens (tertiary/aromatic N) is 1. The molecule has 1 aliphatic rings. The molecule has 1 fully saturated rings. The molecule has 1 heterocycles. The zero-order chi connectivity index (χ0) is 17.8. The molecule has 1 saturated heterocycles. The third-order valence-electron chi connectivity index (χ3n) is 4.13. The van der Waals surface area contributed by atoms with Gasteiger partial charge in [0.15, 0.2) is 0 Å². The monoisotopic (exact) mass is 342 g/mol. The Kier molecular flexibility index (Phi) is 4.97. The molecular formula is C19H19FN2O3. The molecule has 1 atom stereocenters. The Hall–Kier alpha value is -2.89. The van der Waals surface area contributed by atoms with E-state index in [1.165, 1.54) is 12.1 Å². The molecule has 1 aliphatic heterocycles. The second-order valence-electron chi connectivity index (χ2n) is 5.98. The quantitative estimate of drug-likeness (QED) is 0.907. The topological polar surface area (TPSA) is 58.6 Å². The Bertz CT molecular complexity index is 776. The van der Waals surface area contributed by atoms with Crippen molar-refractivity contribution >= 4 is 17.5 Å². The van der Waals surface area contributed by atoms with E-state index in [9.17, 15) is 14.0 Å². The predicted molar refractivity (Wildman–Crippen MR) is 92.0 cm³/mol. The van der Waals surface area contributed by atoms with Crippen LogP contribution in [0.3, 0.4) is 0 Å². The highest BCUT2D eigenvalue weighted by atomic mass is 19.1. The van der Waals surface area contributed by atoms with Gasteiger partial charge in [0, 0.05) is 24.7 Å². The second-order valence-corrected chi connectivity index (χ2v) is 5.98. The van der Waals surface area contributed by atoms with Gasteiger partial charge in [-0.2, -0.15) is 0 Å². The molecule has 2 aromatic carbocycles. The molecule has 0 aliphatic carbocycles. The number of ether oxygens (including phenoxy) is 1. The van der Waals surface area contributed by atoms with Crippen LogP contribution in [0.15, 0.2) is 48.5 Å². The molecule has 0 spiro atoms. The Morgan fingerprint density at radius 2 is 2.04 bits per heavy atom. The Morgan fingerprint density at radius 1 is 1.28 bits per heavy atom. The third kappa shape index (κ3) is 4.15. The van der Waals surface area contributed by atoms with Gasteiger partial charge in [-0.15, -0.1) is 0 Å². The summed E-state index contributed by atoms with van der Waals surface area (Å²) >= 11 is 0. The van der Waals surface area contributed by atoms with Gasteiger partial charge in [-0.25, -0.2) is 4.39 Å². The molecule has 0 radical (unpaired) electrons. The fraction of sp³-hybridized carbons (Fsp3) is 0.263. The minimum atomic E-state index is -0.334. The number of carbonyl (C=O) groups excluding carboxylic acids is 2. The molecule has 0 saturated carbocycles. The molecule has 6 heteroatoms. The average molecular weight is 342 g/mol. The number of carbonyl (C=O) groups is 2. The first-order valence-electron chi connectivity index (χ1n) is 8.03. The van der Waals surface area contributed by atoms with Crippen LogP contribution in [0.25, 0.3) is 0 Å². The highest BCUT2D eigenvalue weighted by molar-refractivity contribution is 5.97. The van der Waals surface area contributed by atoms with Crippen LogP contribution >= 0.6 is 0 Å². The van der Waals surface area contributed by atoms with Crippen molar-refractivity contribution in [1.29, 1.82) is 0 Å². The van der Waals surface area contributed by atoms with Crippen LogP contribution in [0, 0.1) is 5.82 Å². The predicted octanol–water partition coefficient (Wildman–Crippen LogP) is 2.30. The minimum absolute atomic E-state index is 0.0414. The van der Waals surface area contributed by atoms with E-state index >= 15 is 0 Å². The Morgan fingerprint density at radius 3 is 2.76 bits per heavy atom. The van der Waals surface area contributed by atoms with Crippen LogP contribution in [-0.2, 0) is 16.0 Å². The molecule has 2 amide bonds. The lowest BCUT2D eigenvalue weighted by molar-refractivity contribution is -0.121. The highest BCUT2D eigenvalue weighted by Gasteiger charge is 2.31. The van der Waals surface area contributed by atoms with Crippen LogP contribution in [0.2, 0.25) is 0 Å². The van der Waals surface area contributed by atoms with Crippen molar-refractivity contribution in [2.75, 3.05) is 18.6 Å². The molecule has 0 bridgehead atoms. The summed E-state index contributed by atoms with van der Waals surface area (Å²) in [5.41, 5.74) is 1.48. The van der Waals surface area contributed by atoms with E-state index in [4.69, 9.17) is 4.74 Å². The van der Waals surface area contributed by atoms with E-state index in [2.05, 4.69) is 5.32 Å². The van der Waals surface area contributed by atoms with Crippen LogP contribution < -0.4 is 15.0 Å². The molecule has 0 aromatic heterocycles. The van der Waals surface area contributed by atoms with Crippen molar-refractivity contribution in [3.8, 4) is 5.75 Å². The van der Waals surface area contributed by atoms with E-state index in [0.29, 0.717) is 12.3 Å². The summed E-state index contributed by atoms with van der Waals surface area (Å²) in [6.07, 6.45) is 0.413. The van der Waals surface area contributed by atoms with Crippen molar-refractivity contribution < 1.29 is 18.7 Å². The highest BCUT2D eigenvalue weighted by Crippen LogP contribution is 2.25. The van der Waals surface area contributed by atoms with Crippen molar-refractivity contribution in [2.24, 2.45) is 0 Å². The number of methoxy groups -OCH3 is 1. The van der Waals surface area contributed by atoms with Gasteiger partial charge in [0.25, 0.3) is 0 Å². The van der Waals surface area contributed by atoms with Crippen LogP contribution in [0.4, 0.5) is 10.1 Å². The van der Waals surface area contributed by atoms with Crippen LogP contribution in [0.1, 0.15) is 12.0 Å². The van der Waals surface area contributed by atoms with Crippen molar-refractivity contribution in [2.45, 2.75) is 18.9 Å². The van der Waals surface area contributed by atoms with Crippen molar-refractivity contribution in [3.05, 3.63) is 59.9 Å². The standard InChI is InChI=1S/C19H19FN2O3/c1-25-17-4-2-3-16(11-17)22-12-15(10-19(22)24)21-18(23)9-13-5-7-14(20)8-6-13/h2-8,11,15H,9-10,12H2,1H3,(H,21,23). The number of nitrogens with one attached hydrogen (secondary N) is 1. The summed E-state index contributed by atoms with van der Waals surface area (Å²) in [4.78, 5) is 26.0. The maximum Gasteiger partial charge on any atom is 0.229 e. The smallest absolute Gasteiger partial charge is 0.229 e. The first-order chi connectivity index (χ1) is 12.0. The lowest BCUT2D eigenvalue weighted by Gasteiger charge is -2.18. The molecular weight excluding hydrogens is 323 g/mol. The van der Waals surface area contributed by atoms with E-state index in [-0.39, 0.29) is 36.5 Å². The van der Waals surface area contributed by atoms with Gasteiger partial charge in [-0.05, 0) is 29.8 Å². The van der Waals surface area contributed by atoms with Crippen molar-refractivity contribution in [3.63, 3.8) is 0 Å². The van der Waals surface area contributed by atoms with E-state index in [1.54, 1.807) is 30.2 Å². The summed E-state index contributed by atoms with van der Waals surface area (Å²) < 4.78 is 18.1. The van der Waals surface area contributed by atoms with Gasteiger partial charge in [-0.3, -0.25) is 9.59 Å². The number of hydrogen-bond acceptors (Lipinski definition) is 3. The molecule has 1 unspecified atom stereocenters. The Labute approximate surface area is 145 Å². The number of anilines is 1. The van der Waals surface area contributed by atoms with Gasteiger partial charge in [0.1, 0.15) is 11.6 Å². The fourth-order valence-corrected chi connectivity index (χ4v) is 2.90. The Balaban J connectivity index is 1.60. The molecule has 5 nitrogen and oxygen atoms in total. The number of amides is 2. The van der Waals surface area contributed by atoms with Gasteiger partial charge < -0.3 is 15.0 Å². The average Bonchev–Trinajstić information content (AvgIpc) is 2.97. The summed E-state index contributed by atoms with van der Waals surface area (Å²) in [5, 5.41) is 2.87. The van der Waals surface area contributed by atoms with E-state index < -0.39 is 0 Å². The molecule has 1 N–H and O–H groups in total. The van der Waals surface area contributed by atoms with Crippen LogP contribution in [-0.4, -0.2) is 31.5 Å². The number of halogens is 1. The molecule has 3 rings (SSSR count). The van der Waals surface area contributed by atoms with E-state index in [0.717, 1.165) is 11.3 Å². The number of rotatable bonds is 5. The zero-order valence-corrected chi connectivity index (χ0v) is 13.9. The summed E-state index contributed by atoms with van der Waals surface area (Å²) in [7, 11) is 1.57. The second kappa shape index (κ2) is 7.34. The molecule has 25 heavy (non-hydrogen) atoms. The SMILES string of the molecule is COc1cccc(N2CC(NC(=O)Cc3ccc(F)cc3)CC2=O)c1. The summed E-state index contributed by atoms with van der Waals surface area (Å²) in [5.74, 6) is 0.116. The number of benzene rings is 2. The van der Waals surface area contributed by atoms with Gasteiger partial charge in [0.05, 0.1) is 19.6 Å². The lowest BCUT2D eigenvalue weighted by Crippen LogP contribution is -2.38. The van der Waals surface area contributed by atoms with Crippen LogP contribution in [0.5, 0.6) is 5.75 Å². The first kappa shape index (κ1) is 17.0. The maximum atomic E-state index is 12.9. The van der Waals surface area contributed by atoms with Gasteiger partial charge in [-0.1, -0.05) is 18.2 Å². The van der Waals surface area contributed by atoms with Gasteiger partial charge >= 0.3 is 0 Å². The normalized spacial score (nSPS) is 16.8. The van der Waals surface area contributed by atoms with Crippen molar-refractivity contribution in [1.82, 2.24) is 5.32 Å². The summed E-state index contributed by atoms with van der Waals surface area (Å²) in [6, 6.07) is 12.8.